The molecule has 1 saturated carbocycles. The minimum absolute atomic E-state index is 0.0703. The first kappa shape index (κ1) is 10.6. The maximum absolute atomic E-state index is 10.9. The van der Waals surface area contributed by atoms with E-state index in [1.807, 2.05) is 0 Å². The molecule has 0 radical (unpaired) electrons. The summed E-state index contributed by atoms with van der Waals surface area (Å²) in [5.41, 5.74) is 0. The number of carbonyl (C=O) groups excluding carboxylic acids is 2. The highest BCUT2D eigenvalue weighted by Crippen LogP contribution is 2.21. The van der Waals surface area contributed by atoms with Gasteiger partial charge in [-0.05, 0) is 25.7 Å². The van der Waals surface area contributed by atoms with Gasteiger partial charge in [-0.3, -0.25) is 0 Å². The van der Waals surface area contributed by atoms with Crippen LogP contribution >= 0.6 is 0 Å². The van der Waals surface area contributed by atoms with Crippen molar-refractivity contribution in [3.63, 3.8) is 0 Å². The molecule has 0 atom stereocenters. The molecule has 78 valence electrons. The molecule has 0 bridgehead atoms. The summed E-state index contributed by atoms with van der Waals surface area (Å²) in [4.78, 5) is 21.4. The number of methoxy groups -OCH3 is 1. The molecule has 1 rings (SSSR count). The Kier molecular flexibility index (Phi) is 4.03. The fourth-order valence-corrected chi connectivity index (χ4v) is 1.29. The SMILES string of the molecule is COC(=O)/N=N/C(=O)OC1CCCC1. The first-order valence-electron chi connectivity index (χ1n) is 4.42. The number of azo groups is 1. The maximum Gasteiger partial charge on any atom is 0.452 e. The molecular weight excluding hydrogens is 188 g/mol. The normalized spacial score (nSPS) is 17.2. The molecule has 6 nitrogen and oxygen atoms in total. The van der Waals surface area contributed by atoms with E-state index in [4.69, 9.17) is 4.74 Å². The number of hydrogen-bond acceptors (Lipinski definition) is 4. The summed E-state index contributed by atoms with van der Waals surface area (Å²) in [6, 6.07) is 0. The number of rotatable bonds is 1. The zero-order chi connectivity index (χ0) is 10.4. The summed E-state index contributed by atoms with van der Waals surface area (Å²) < 4.78 is 9.06. The Labute approximate surface area is 81.3 Å². The fraction of sp³-hybridized carbons (Fsp3) is 0.750. The van der Waals surface area contributed by atoms with Crippen molar-refractivity contribution in [2.45, 2.75) is 31.8 Å². The van der Waals surface area contributed by atoms with Crippen molar-refractivity contribution in [2.75, 3.05) is 7.11 Å². The lowest BCUT2D eigenvalue weighted by Gasteiger charge is -2.06. The molecule has 0 saturated heterocycles. The number of amides is 2. The van der Waals surface area contributed by atoms with Gasteiger partial charge in [0.1, 0.15) is 6.10 Å². The summed E-state index contributed by atoms with van der Waals surface area (Å²) >= 11 is 0. The molecule has 0 aromatic heterocycles. The zero-order valence-electron chi connectivity index (χ0n) is 7.93. The molecule has 0 N–H and O–H groups in total. The molecule has 1 fully saturated rings. The van der Waals surface area contributed by atoms with E-state index in [1.165, 1.54) is 0 Å². The summed E-state index contributed by atoms with van der Waals surface area (Å²) in [5, 5.41) is 6.02. The zero-order valence-corrected chi connectivity index (χ0v) is 7.93. The van der Waals surface area contributed by atoms with Gasteiger partial charge in [0.15, 0.2) is 0 Å². The minimum Gasteiger partial charge on any atom is -0.450 e. The Bertz CT molecular complexity index is 246. The third kappa shape index (κ3) is 3.51. The van der Waals surface area contributed by atoms with Crippen LogP contribution in [0.5, 0.6) is 0 Å². The van der Waals surface area contributed by atoms with E-state index in [1.54, 1.807) is 0 Å². The van der Waals surface area contributed by atoms with Gasteiger partial charge in [0.2, 0.25) is 0 Å². The molecular formula is C8H12N2O4. The second kappa shape index (κ2) is 5.31. The average molecular weight is 200 g/mol. The van der Waals surface area contributed by atoms with Crippen LogP contribution in [0.4, 0.5) is 9.59 Å². The van der Waals surface area contributed by atoms with Gasteiger partial charge in [-0.2, -0.15) is 0 Å². The van der Waals surface area contributed by atoms with Crippen molar-refractivity contribution in [1.29, 1.82) is 0 Å². The minimum atomic E-state index is -0.909. The number of carbonyl (C=O) groups is 2. The fourth-order valence-electron chi connectivity index (χ4n) is 1.29. The molecule has 14 heavy (non-hydrogen) atoms. The maximum atomic E-state index is 10.9. The standard InChI is InChI=1S/C8H12N2O4/c1-13-7(11)9-10-8(12)14-6-4-2-3-5-6/h6H,2-5H2,1H3/b10-9+. The van der Waals surface area contributed by atoms with Crippen molar-refractivity contribution in [2.24, 2.45) is 10.2 Å². The predicted molar refractivity (Wildman–Crippen MR) is 46.0 cm³/mol. The van der Waals surface area contributed by atoms with Gasteiger partial charge in [0.05, 0.1) is 7.11 Å². The van der Waals surface area contributed by atoms with Crippen LogP contribution in [0.1, 0.15) is 25.7 Å². The monoisotopic (exact) mass is 200 g/mol. The van der Waals surface area contributed by atoms with Gasteiger partial charge in [0.25, 0.3) is 0 Å². The molecule has 0 unspecified atom stereocenters. The van der Waals surface area contributed by atoms with Crippen LogP contribution in [-0.2, 0) is 9.47 Å². The lowest BCUT2D eigenvalue weighted by molar-refractivity contribution is 0.108. The van der Waals surface area contributed by atoms with Crippen LogP contribution in [0.25, 0.3) is 0 Å². The predicted octanol–water partition coefficient (Wildman–Crippen LogP) is 2.28. The second-order valence-electron chi connectivity index (χ2n) is 2.96. The lowest BCUT2D eigenvalue weighted by Crippen LogP contribution is -2.11. The highest BCUT2D eigenvalue weighted by atomic mass is 16.6. The van der Waals surface area contributed by atoms with Crippen LogP contribution in [0.3, 0.4) is 0 Å². The van der Waals surface area contributed by atoms with E-state index >= 15 is 0 Å². The van der Waals surface area contributed by atoms with Crippen molar-refractivity contribution >= 4 is 12.2 Å². The highest BCUT2D eigenvalue weighted by Gasteiger charge is 2.18. The third-order valence-corrected chi connectivity index (χ3v) is 1.96. The average Bonchev–Trinajstić information content (AvgIpc) is 2.66. The first-order chi connectivity index (χ1) is 6.72. The molecule has 0 spiro atoms. The van der Waals surface area contributed by atoms with Crippen LogP contribution in [0.15, 0.2) is 10.2 Å². The Morgan fingerprint density at radius 3 is 2.29 bits per heavy atom. The highest BCUT2D eigenvalue weighted by molar-refractivity contribution is 5.73. The van der Waals surface area contributed by atoms with E-state index in [0.29, 0.717) is 0 Å². The molecule has 1 aliphatic carbocycles. The molecule has 2 amide bonds. The first-order valence-corrected chi connectivity index (χ1v) is 4.42. The van der Waals surface area contributed by atoms with Crippen molar-refractivity contribution < 1.29 is 19.1 Å². The topological polar surface area (TPSA) is 77.3 Å². The largest absolute Gasteiger partial charge is 0.452 e. The van der Waals surface area contributed by atoms with Gasteiger partial charge in [-0.1, -0.05) is 10.2 Å². The summed E-state index contributed by atoms with van der Waals surface area (Å²) in [6.45, 7) is 0. The van der Waals surface area contributed by atoms with E-state index in [2.05, 4.69) is 15.0 Å². The molecule has 1 aliphatic rings. The van der Waals surface area contributed by atoms with Gasteiger partial charge < -0.3 is 9.47 Å². The van der Waals surface area contributed by atoms with Gasteiger partial charge in [0, 0.05) is 0 Å². The number of ether oxygens (including phenoxy) is 2. The Morgan fingerprint density at radius 1 is 1.14 bits per heavy atom. The summed E-state index contributed by atoms with van der Waals surface area (Å²) in [5.74, 6) is 0. The molecule has 0 aliphatic heterocycles. The van der Waals surface area contributed by atoms with E-state index in [9.17, 15) is 9.59 Å². The van der Waals surface area contributed by atoms with Crippen molar-refractivity contribution in [1.82, 2.24) is 0 Å². The number of nitrogens with zero attached hydrogens (tertiary/aromatic N) is 2. The lowest BCUT2D eigenvalue weighted by atomic mass is 10.3. The molecule has 0 aromatic rings. The van der Waals surface area contributed by atoms with Crippen LogP contribution in [0, 0.1) is 0 Å². The van der Waals surface area contributed by atoms with Gasteiger partial charge >= 0.3 is 12.2 Å². The van der Waals surface area contributed by atoms with Gasteiger partial charge in [-0.15, -0.1) is 0 Å². The Balaban J connectivity index is 2.27. The summed E-state index contributed by atoms with van der Waals surface area (Å²) in [7, 11) is 1.16. The molecule has 0 heterocycles. The Morgan fingerprint density at radius 2 is 1.71 bits per heavy atom. The van der Waals surface area contributed by atoms with Crippen molar-refractivity contribution in [3.05, 3.63) is 0 Å². The van der Waals surface area contributed by atoms with E-state index in [-0.39, 0.29) is 6.10 Å². The quantitative estimate of drug-likeness (QED) is 0.608. The molecule has 0 aromatic carbocycles. The second-order valence-corrected chi connectivity index (χ2v) is 2.96. The van der Waals surface area contributed by atoms with Crippen LogP contribution in [-0.4, -0.2) is 25.4 Å². The third-order valence-electron chi connectivity index (χ3n) is 1.96. The summed E-state index contributed by atoms with van der Waals surface area (Å²) in [6.07, 6.45) is 2.03. The number of hydrogen-bond donors (Lipinski definition) is 0. The van der Waals surface area contributed by atoms with Crippen LogP contribution < -0.4 is 0 Å². The van der Waals surface area contributed by atoms with Crippen LogP contribution in [0.2, 0.25) is 0 Å². The van der Waals surface area contributed by atoms with E-state index in [0.717, 1.165) is 32.8 Å². The van der Waals surface area contributed by atoms with Gasteiger partial charge in [-0.25, -0.2) is 9.59 Å². The Hall–Kier alpha value is -1.46. The smallest absolute Gasteiger partial charge is 0.450 e. The molecule has 6 heteroatoms. The van der Waals surface area contributed by atoms with E-state index < -0.39 is 12.2 Å². The van der Waals surface area contributed by atoms with Crippen molar-refractivity contribution in [3.8, 4) is 0 Å².